The molecule has 0 radical (unpaired) electrons. The van der Waals surface area contributed by atoms with Crippen molar-refractivity contribution in [2.75, 3.05) is 0 Å². The third kappa shape index (κ3) is 3.35. The maximum absolute atomic E-state index is 11.9. The number of furan rings is 1. The van der Waals surface area contributed by atoms with E-state index in [9.17, 15) is 14.9 Å². The van der Waals surface area contributed by atoms with E-state index in [0.717, 1.165) is 0 Å². The molecule has 2 rings (SSSR count). The number of nitriles is 1. The molecule has 6 heteroatoms. The number of ketones is 1. The van der Waals surface area contributed by atoms with E-state index in [1.165, 1.54) is 36.6 Å². The van der Waals surface area contributed by atoms with Crippen molar-refractivity contribution < 1.29 is 14.1 Å². The standard InChI is InChI=1S/C16H10N2O4/c17-11-13(16(19)15-9-4-10-22-15)7-3-6-12-5-1-2-8-14(12)18(20)21/h1-10H/b6-3+,13-7+. The molecule has 1 aromatic carbocycles. The zero-order valence-corrected chi connectivity index (χ0v) is 11.3. The molecule has 1 aromatic heterocycles. The van der Waals surface area contributed by atoms with Gasteiger partial charge in [-0.2, -0.15) is 5.26 Å². The number of benzene rings is 1. The summed E-state index contributed by atoms with van der Waals surface area (Å²) in [5.74, 6) is -0.480. The predicted molar refractivity (Wildman–Crippen MR) is 78.9 cm³/mol. The average Bonchev–Trinajstić information content (AvgIpc) is 3.05. The third-order valence-electron chi connectivity index (χ3n) is 2.78. The van der Waals surface area contributed by atoms with Gasteiger partial charge in [-0.1, -0.05) is 18.2 Å². The number of para-hydroxylation sites is 1. The second kappa shape index (κ2) is 6.81. The van der Waals surface area contributed by atoms with Crippen LogP contribution in [0.15, 0.2) is 64.8 Å². The molecule has 2 aromatic rings. The smallest absolute Gasteiger partial charge is 0.276 e. The van der Waals surface area contributed by atoms with Crippen LogP contribution in [-0.2, 0) is 0 Å². The number of nitrogens with zero attached hydrogens (tertiary/aromatic N) is 2. The van der Waals surface area contributed by atoms with E-state index < -0.39 is 10.7 Å². The highest BCUT2D eigenvalue weighted by Crippen LogP contribution is 2.19. The summed E-state index contributed by atoms with van der Waals surface area (Å²) in [6.07, 6.45) is 5.51. The molecule has 0 aliphatic carbocycles. The molecule has 6 nitrogen and oxygen atoms in total. The lowest BCUT2D eigenvalue weighted by Crippen LogP contribution is -1.99. The van der Waals surface area contributed by atoms with Gasteiger partial charge in [-0.15, -0.1) is 0 Å². The van der Waals surface area contributed by atoms with Crippen molar-refractivity contribution in [1.82, 2.24) is 0 Å². The summed E-state index contributed by atoms with van der Waals surface area (Å²) in [5, 5.41) is 19.9. The van der Waals surface area contributed by atoms with E-state index in [1.807, 2.05) is 0 Å². The normalized spacial score (nSPS) is 11.3. The Morgan fingerprint density at radius 1 is 1.27 bits per heavy atom. The van der Waals surface area contributed by atoms with Gasteiger partial charge < -0.3 is 4.42 Å². The molecular weight excluding hydrogens is 284 g/mol. The van der Waals surface area contributed by atoms with E-state index in [4.69, 9.17) is 9.68 Å². The number of nitro benzene ring substituents is 1. The molecule has 0 N–H and O–H groups in total. The quantitative estimate of drug-likeness (QED) is 0.210. The first-order chi connectivity index (χ1) is 10.6. The predicted octanol–water partition coefficient (Wildman–Crippen LogP) is 3.53. The van der Waals surface area contributed by atoms with Crippen LogP contribution in [-0.4, -0.2) is 10.7 Å². The Labute approximate surface area is 125 Å². The molecule has 108 valence electrons. The van der Waals surface area contributed by atoms with Crippen molar-refractivity contribution in [3.63, 3.8) is 0 Å². The summed E-state index contributed by atoms with van der Waals surface area (Å²) < 4.78 is 4.94. The van der Waals surface area contributed by atoms with E-state index in [1.54, 1.807) is 30.3 Å². The molecule has 0 bridgehead atoms. The lowest BCUT2D eigenvalue weighted by molar-refractivity contribution is -0.385. The fourth-order valence-corrected chi connectivity index (χ4v) is 1.75. The third-order valence-corrected chi connectivity index (χ3v) is 2.78. The Balaban J connectivity index is 2.25. The minimum absolute atomic E-state index is 0.0528. The molecular formula is C16H10N2O4. The number of hydrogen-bond acceptors (Lipinski definition) is 5. The molecule has 0 unspecified atom stereocenters. The molecule has 0 spiro atoms. The highest BCUT2D eigenvalue weighted by Gasteiger charge is 2.14. The van der Waals surface area contributed by atoms with Crippen LogP contribution in [0.4, 0.5) is 5.69 Å². The second-order valence-electron chi connectivity index (χ2n) is 4.17. The number of carbonyl (C=O) groups is 1. The summed E-state index contributed by atoms with van der Waals surface area (Å²) in [6.45, 7) is 0. The zero-order chi connectivity index (χ0) is 15.9. The molecule has 0 atom stereocenters. The van der Waals surface area contributed by atoms with Gasteiger partial charge in [-0.3, -0.25) is 14.9 Å². The van der Waals surface area contributed by atoms with Crippen molar-refractivity contribution in [1.29, 1.82) is 5.26 Å². The number of rotatable bonds is 5. The first-order valence-electron chi connectivity index (χ1n) is 6.23. The molecule has 1 heterocycles. The number of hydrogen-bond donors (Lipinski definition) is 0. The number of carbonyl (C=O) groups excluding carboxylic acids is 1. The van der Waals surface area contributed by atoms with Crippen LogP contribution < -0.4 is 0 Å². The molecule has 0 fully saturated rings. The van der Waals surface area contributed by atoms with Gasteiger partial charge >= 0.3 is 0 Å². The highest BCUT2D eigenvalue weighted by atomic mass is 16.6. The number of nitro groups is 1. The summed E-state index contributed by atoms with van der Waals surface area (Å²) in [4.78, 5) is 22.3. The first-order valence-corrected chi connectivity index (χ1v) is 6.23. The van der Waals surface area contributed by atoms with Crippen molar-refractivity contribution >= 4 is 17.5 Å². The van der Waals surface area contributed by atoms with Crippen LogP contribution in [0.2, 0.25) is 0 Å². The molecule has 0 saturated heterocycles. The lowest BCUT2D eigenvalue weighted by atomic mass is 10.1. The van der Waals surface area contributed by atoms with Gasteiger partial charge in [0.1, 0.15) is 11.6 Å². The van der Waals surface area contributed by atoms with E-state index in [2.05, 4.69) is 0 Å². The van der Waals surface area contributed by atoms with Crippen LogP contribution in [0.5, 0.6) is 0 Å². The topological polar surface area (TPSA) is 97.1 Å². The maximum atomic E-state index is 11.9. The Morgan fingerprint density at radius 3 is 2.68 bits per heavy atom. The number of allylic oxidation sites excluding steroid dienone is 3. The van der Waals surface area contributed by atoms with Gasteiger partial charge in [0, 0.05) is 6.07 Å². The van der Waals surface area contributed by atoms with Crippen molar-refractivity contribution in [3.8, 4) is 6.07 Å². The average molecular weight is 294 g/mol. The summed E-state index contributed by atoms with van der Waals surface area (Å²) >= 11 is 0. The van der Waals surface area contributed by atoms with Crippen LogP contribution in [0.3, 0.4) is 0 Å². The van der Waals surface area contributed by atoms with Gasteiger partial charge in [0.2, 0.25) is 5.78 Å². The Morgan fingerprint density at radius 2 is 2.05 bits per heavy atom. The lowest BCUT2D eigenvalue weighted by Gasteiger charge is -1.96. The Hall–Kier alpha value is -3.46. The largest absolute Gasteiger partial charge is 0.461 e. The van der Waals surface area contributed by atoms with Crippen molar-refractivity contribution in [3.05, 3.63) is 81.8 Å². The minimum atomic E-state index is -0.542. The van der Waals surface area contributed by atoms with Gasteiger partial charge in [0.05, 0.1) is 16.7 Å². The van der Waals surface area contributed by atoms with E-state index >= 15 is 0 Å². The second-order valence-corrected chi connectivity index (χ2v) is 4.17. The Bertz CT molecular complexity index is 796. The van der Waals surface area contributed by atoms with Gasteiger partial charge in [-0.05, 0) is 30.4 Å². The monoisotopic (exact) mass is 294 g/mol. The Kier molecular flexibility index (Phi) is 4.63. The fraction of sp³-hybridized carbons (Fsp3) is 0. The molecule has 0 saturated carbocycles. The fourth-order valence-electron chi connectivity index (χ4n) is 1.75. The summed E-state index contributed by atoms with van der Waals surface area (Å²) in [7, 11) is 0. The van der Waals surface area contributed by atoms with Crippen LogP contribution in [0, 0.1) is 21.4 Å². The van der Waals surface area contributed by atoms with Gasteiger partial charge in [0.25, 0.3) is 5.69 Å². The number of Topliss-reactive ketones (excluding diaryl/α,β-unsaturated/α-hetero) is 1. The van der Waals surface area contributed by atoms with Gasteiger partial charge in [-0.25, -0.2) is 0 Å². The maximum Gasteiger partial charge on any atom is 0.276 e. The van der Waals surface area contributed by atoms with Crippen LogP contribution in [0.1, 0.15) is 16.1 Å². The van der Waals surface area contributed by atoms with E-state index in [-0.39, 0.29) is 17.0 Å². The molecule has 0 amide bonds. The first kappa shape index (κ1) is 14.9. The van der Waals surface area contributed by atoms with E-state index in [0.29, 0.717) is 5.56 Å². The zero-order valence-electron chi connectivity index (χ0n) is 11.3. The molecule has 22 heavy (non-hydrogen) atoms. The van der Waals surface area contributed by atoms with Crippen molar-refractivity contribution in [2.45, 2.75) is 0 Å². The van der Waals surface area contributed by atoms with Crippen LogP contribution >= 0.6 is 0 Å². The minimum Gasteiger partial charge on any atom is -0.461 e. The molecule has 0 aliphatic rings. The summed E-state index contributed by atoms with van der Waals surface area (Å²) in [6, 6.07) is 11.0. The van der Waals surface area contributed by atoms with Gasteiger partial charge in [0.15, 0.2) is 5.76 Å². The molecule has 0 aliphatic heterocycles. The summed E-state index contributed by atoms with van der Waals surface area (Å²) in [5.41, 5.74) is 0.208. The van der Waals surface area contributed by atoms with Crippen LogP contribution in [0.25, 0.3) is 6.08 Å². The van der Waals surface area contributed by atoms with Crippen molar-refractivity contribution in [2.24, 2.45) is 0 Å². The SMILES string of the molecule is N#C/C(=C\C=C\c1ccccc1[N+](=O)[O-])C(=O)c1ccco1. The highest BCUT2D eigenvalue weighted by molar-refractivity contribution is 6.09.